The molecule has 0 heterocycles. The van der Waals surface area contributed by atoms with Crippen LogP contribution in [-0.2, 0) is 0 Å². The second-order valence-electron chi connectivity index (χ2n) is 3.18. The quantitative estimate of drug-likeness (QED) is 0.789. The van der Waals surface area contributed by atoms with Crippen LogP contribution < -0.4 is 5.73 Å². The molecule has 0 aliphatic carbocycles. The molecule has 0 saturated heterocycles. The number of carboxylic acids is 1. The smallest absolute Gasteiger partial charge is 0.336 e. The SMILES string of the molecule is CC[C@H](N)c1c(C(=O)O)ccc(Br)c1O. The summed E-state index contributed by atoms with van der Waals surface area (Å²) in [5.41, 5.74) is 6.08. The molecule has 0 aliphatic heterocycles. The van der Waals surface area contributed by atoms with Gasteiger partial charge >= 0.3 is 5.97 Å². The van der Waals surface area contributed by atoms with Crippen LogP contribution in [0.3, 0.4) is 0 Å². The van der Waals surface area contributed by atoms with E-state index in [1.165, 1.54) is 12.1 Å². The van der Waals surface area contributed by atoms with E-state index in [4.69, 9.17) is 10.8 Å². The van der Waals surface area contributed by atoms with Gasteiger partial charge in [-0.3, -0.25) is 0 Å². The van der Waals surface area contributed by atoms with Crippen LogP contribution in [0.25, 0.3) is 0 Å². The minimum absolute atomic E-state index is 0.0463. The lowest BCUT2D eigenvalue weighted by atomic mass is 9.98. The Morgan fingerprint density at radius 3 is 2.67 bits per heavy atom. The van der Waals surface area contributed by atoms with Gasteiger partial charge in [-0.05, 0) is 34.5 Å². The largest absolute Gasteiger partial charge is 0.506 e. The predicted molar refractivity (Wildman–Crippen MR) is 60.0 cm³/mol. The van der Waals surface area contributed by atoms with Gasteiger partial charge in [0.2, 0.25) is 0 Å². The molecule has 4 nitrogen and oxygen atoms in total. The fraction of sp³-hybridized carbons (Fsp3) is 0.300. The zero-order valence-electron chi connectivity index (χ0n) is 8.20. The number of benzene rings is 1. The van der Waals surface area contributed by atoms with E-state index in [9.17, 15) is 9.90 Å². The monoisotopic (exact) mass is 273 g/mol. The van der Waals surface area contributed by atoms with Crippen molar-refractivity contribution in [1.29, 1.82) is 0 Å². The molecule has 0 bridgehead atoms. The summed E-state index contributed by atoms with van der Waals surface area (Å²) >= 11 is 3.13. The lowest BCUT2D eigenvalue weighted by molar-refractivity contribution is 0.0694. The molecule has 0 fully saturated rings. The fourth-order valence-corrected chi connectivity index (χ4v) is 1.69. The first-order valence-corrected chi connectivity index (χ1v) is 5.28. The van der Waals surface area contributed by atoms with Crippen molar-refractivity contribution in [3.8, 4) is 5.75 Å². The van der Waals surface area contributed by atoms with Gasteiger partial charge < -0.3 is 15.9 Å². The highest BCUT2D eigenvalue weighted by Gasteiger charge is 2.20. The van der Waals surface area contributed by atoms with Gasteiger partial charge in [0.15, 0.2) is 0 Å². The highest BCUT2D eigenvalue weighted by atomic mass is 79.9. The van der Waals surface area contributed by atoms with Crippen LogP contribution in [0.4, 0.5) is 0 Å². The average Bonchev–Trinajstić information content (AvgIpc) is 2.20. The molecule has 1 aromatic carbocycles. The van der Waals surface area contributed by atoms with Gasteiger partial charge in [0, 0.05) is 11.6 Å². The number of carboxylic acid groups (broad SMARTS) is 1. The zero-order valence-corrected chi connectivity index (χ0v) is 9.78. The van der Waals surface area contributed by atoms with Gasteiger partial charge in [0.1, 0.15) is 5.75 Å². The van der Waals surface area contributed by atoms with E-state index < -0.39 is 12.0 Å². The number of phenols is 1. The van der Waals surface area contributed by atoms with Crippen molar-refractivity contribution in [1.82, 2.24) is 0 Å². The lowest BCUT2D eigenvalue weighted by Gasteiger charge is -2.15. The Labute approximate surface area is 95.8 Å². The van der Waals surface area contributed by atoms with Gasteiger partial charge in [-0.1, -0.05) is 6.92 Å². The molecule has 4 N–H and O–H groups in total. The van der Waals surface area contributed by atoms with Crippen LogP contribution >= 0.6 is 15.9 Å². The normalized spacial score (nSPS) is 12.5. The second-order valence-corrected chi connectivity index (χ2v) is 4.03. The van der Waals surface area contributed by atoms with Gasteiger partial charge in [0.25, 0.3) is 0 Å². The molecule has 0 unspecified atom stereocenters. The topological polar surface area (TPSA) is 83.6 Å². The maximum atomic E-state index is 10.9. The van der Waals surface area contributed by atoms with Crippen molar-refractivity contribution >= 4 is 21.9 Å². The maximum Gasteiger partial charge on any atom is 0.336 e. The molecule has 1 aromatic rings. The minimum Gasteiger partial charge on any atom is -0.506 e. The van der Waals surface area contributed by atoms with Gasteiger partial charge in [-0.2, -0.15) is 0 Å². The first-order chi connectivity index (χ1) is 6.99. The first kappa shape index (κ1) is 12.0. The number of aromatic hydroxyl groups is 1. The first-order valence-electron chi connectivity index (χ1n) is 4.49. The molecule has 15 heavy (non-hydrogen) atoms. The lowest BCUT2D eigenvalue weighted by Crippen LogP contribution is -2.14. The zero-order chi connectivity index (χ0) is 11.6. The molecule has 0 amide bonds. The summed E-state index contributed by atoms with van der Waals surface area (Å²) in [7, 11) is 0. The number of rotatable bonds is 3. The number of nitrogens with two attached hydrogens (primary N) is 1. The molecule has 1 rings (SSSR count). The molecular weight excluding hydrogens is 262 g/mol. The van der Waals surface area contributed by atoms with E-state index in [-0.39, 0.29) is 16.9 Å². The van der Waals surface area contributed by atoms with Crippen molar-refractivity contribution in [2.75, 3.05) is 0 Å². The molecular formula is C10H12BrNO3. The Kier molecular flexibility index (Phi) is 3.71. The van der Waals surface area contributed by atoms with Crippen LogP contribution in [0.5, 0.6) is 5.75 Å². The third kappa shape index (κ3) is 2.30. The summed E-state index contributed by atoms with van der Waals surface area (Å²) in [6.45, 7) is 1.83. The highest BCUT2D eigenvalue weighted by Crippen LogP contribution is 2.34. The number of hydrogen-bond acceptors (Lipinski definition) is 3. The molecule has 0 radical (unpaired) electrons. The summed E-state index contributed by atoms with van der Waals surface area (Å²) < 4.78 is 0.450. The molecule has 0 aromatic heterocycles. The van der Waals surface area contributed by atoms with Gasteiger partial charge in [-0.15, -0.1) is 0 Å². The van der Waals surface area contributed by atoms with Crippen molar-refractivity contribution in [3.05, 3.63) is 27.7 Å². The van der Waals surface area contributed by atoms with Crippen molar-refractivity contribution in [2.24, 2.45) is 5.73 Å². The summed E-state index contributed by atoms with van der Waals surface area (Å²) in [6, 6.07) is 2.44. The summed E-state index contributed by atoms with van der Waals surface area (Å²) in [5.74, 6) is -1.18. The molecule has 0 aliphatic rings. The van der Waals surface area contributed by atoms with E-state index in [0.717, 1.165) is 0 Å². The third-order valence-electron chi connectivity index (χ3n) is 2.21. The van der Waals surface area contributed by atoms with E-state index in [1.807, 2.05) is 6.92 Å². The highest BCUT2D eigenvalue weighted by molar-refractivity contribution is 9.10. The standard InChI is InChI=1S/C10H12BrNO3/c1-2-7(12)8-5(10(14)15)3-4-6(11)9(8)13/h3-4,7,13H,2,12H2,1H3,(H,14,15)/t7-/m0/s1. The Morgan fingerprint density at radius 1 is 1.60 bits per heavy atom. The molecule has 0 spiro atoms. The van der Waals surface area contributed by atoms with Crippen LogP contribution in [0.15, 0.2) is 16.6 Å². The van der Waals surface area contributed by atoms with Crippen LogP contribution in [-0.4, -0.2) is 16.2 Å². The summed E-state index contributed by atoms with van der Waals surface area (Å²) in [5, 5.41) is 18.7. The Balaban J connectivity index is 3.41. The van der Waals surface area contributed by atoms with E-state index in [2.05, 4.69) is 15.9 Å². The van der Waals surface area contributed by atoms with Gasteiger partial charge in [0.05, 0.1) is 10.0 Å². The van der Waals surface area contributed by atoms with Crippen LogP contribution in [0, 0.1) is 0 Å². The van der Waals surface area contributed by atoms with E-state index >= 15 is 0 Å². The number of hydrogen-bond donors (Lipinski definition) is 3. The van der Waals surface area contributed by atoms with E-state index in [1.54, 1.807) is 0 Å². The predicted octanol–water partition coefficient (Wildman–Crippen LogP) is 2.26. The number of halogens is 1. The Bertz CT molecular complexity index is 392. The van der Waals surface area contributed by atoms with E-state index in [0.29, 0.717) is 10.9 Å². The number of carbonyl (C=O) groups is 1. The van der Waals surface area contributed by atoms with Crippen LogP contribution in [0.2, 0.25) is 0 Å². The van der Waals surface area contributed by atoms with Crippen molar-refractivity contribution in [3.63, 3.8) is 0 Å². The number of aromatic carboxylic acids is 1. The number of phenolic OH excluding ortho intramolecular Hbond substituents is 1. The van der Waals surface area contributed by atoms with Crippen molar-refractivity contribution in [2.45, 2.75) is 19.4 Å². The minimum atomic E-state index is -1.09. The molecule has 82 valence electrons. The van der Waals surface area contributed by atoms with Crippen molar-refractivity contribution < 1.29 is 15.0 Å². The maximum absolute atomic E-state index is 10.9. The Morgan fingerprint density at radius 2 is 2.20 bits per heavy atom. The Hall–Kier alpha value is -1.07. The van der Waals surface area contributed by atoms with Crippen LogP contribution in [0.1, 0.15) is 35.3 Å². The third-order valence-corrected chi connectivity index (χ3v) is 2.85. The molecule has 1 atom stereocenters. The summed E-state index contributed by atoms with van der Waals surface area (Å²) in [6.07, 6.45) is 0.560. The average molecular weight is 274 g/mol. The fourth-order valence-electron chi connectivity index (χ4n) is 1.35. The second kappa shape index (κ2) is 4.63. The molecule has 0 saturated carbocycles. The molecule has 5 heteroatoms. The van der Waals surface area contributed by atoms with Gasteiger partial charge in [-0.25, -0.2) is 4.79 Å². The summed E-state index contributed by atoms with van der Waals surface area (Å²) in [4.78, 5) is 10.9.